The van der Waals surface area contributed by atoms with Gasteiger partial charge in [-0.15, -0.1) is 0 Å². The van der Waals surface area contributed by atoms with E-state index in [1.54, 1.807) is 12.4 Å². The van der Waals surface area contributed by atoms with E-state index in [0.717, 1.165) is 17.7 Å². The molecule has 1 aliphatic heterocycles. The van der Waals surface area contributed by atoms with Crippen molar-refractivity contribution in [1.29, 1.82) is 0 Å². The number of hydrogen-bond acceptors (Lipinski definition) is 6. The maximum absolute atomic E-state index is 10.1. The molecule has 1 aromatic heterocycles. The van der Waals surface area contributed by atoms with E-state index < -0.39 is 6.10 Å². The van der Waals surface area contributed by atoms with Crippen LogP contribution in [0.3, 0.4) is 0 Å². The van der Waals surface area contributed by atoms with E-state index in [1.165, 1.54) is 23.0 Å². The summed E-state index contributed by atoms with van der Waals surface area (Å²) in [5.41, 5.74) is 4.62. The van der Waals surface area contributed by atoms with Crippen molar-refractivity contribution in [2.24, 2.45) is 0 Å². The Morgan fingerprint density at radius 1 is 1.00 bits per heavy atom. The molecule has 0 bridgehead atoms. The zero-order valence-electron chi connectivity index (χ0n) is 18.9. The van der Waals surface area contributed by atoms with Gasteiger partial charge in [-0.25, -0.2) is 9.97 Å². The lowest BCUT2D eigenvalue weighted by molar-refractivity contribution is -0.113. The van der Waals surface area contributed by atoms with E-state index in [-0.39, 0.29) is 18.8 Å². The Balaban J connectivity index is 0.00000141. The van der Waals surface area contributed by atoms with E-state index >= 15 is 0 Å². The Morgan fingerprint density at radius 3 is 2.41 bits per heavy atom. The maximum Gasteiger partial charge on any atom is 0.163 e. The predicted molar refractivity (Wildman–Crippen MR) is 124 cm³/mol. The zero-order chi connectivity index (χ0) is 22.9. The Kier molecular flexibility index (Phi) is 8.73. The summed E-state index contributed by atoms with van der Waals surface area (Å²) in [7, 11) is 0. The second-order valence-corrected chi connectivity index (χ2v) is 7.74. The molecule has 0 spiro atoms. The van der Waals surface area contributed by atoms with Gasteiger partial charge in [0.05, 0.1) is 37.3 Å². The monoisotopic (exact) mass is 436 g/mol. The standard InChI is InChI=1S/C24H26N2O4.C2H6/c1-16-2-5-18(24-11-20(28)10-22(14-27)30-24)9-19(16)8-17-3-6-21(7-4-17)29-23-12-25-15-26-13-23;1-2/h2-7,9,12-13,15,20,22,24,27-28H,8,10-11,14H2,1H3;1-2H3/t20-,22-,24+;/m0./s1. The summed E-state index contributed by atoms with van der Waals surface area (Å²) in [5, 5.41) is 19.6. The van der Waals surface area contributed by atoms with Gasteiger partial charge < -0.3 is 19.7 Å². The molecule has 6 heteroatoms. The van der Waals surface area contributed by atoms with Gasteiger partial charge in [0.15, 0.2) is 5.75 Å². The number of aliphatic hydroxyl groups excluding tert-OH is 2. The molecule has 0 aliphatic carbocycles. The Hall–Kier alpha value is -2.80. The highest BCUT2D eigenvalue weighted by molar-refractivity contribution is 5.38. The van der Waals surface area contributed by atoms with Gasteiger partial charge in [-0.2, -0.15) is 0 Å². The number of hydrogen-bond donors (Lipinski definition) is 2. The molecule has 0 radical (unpaired) electrons. The van der Waals surface area contributed by atoms with E-state index in [4.69, 9.17) is 9.47 Å². The van der Waals surface area contributed by atoms with Gasteiger partial charge in [-0.05, 0) is 47.7 Å². The van der Waals surface area contributed by atoms with Crippen LogP contribution in [-0.2, 0) is 11.2 Å². The van der Waals surface area contributed by atoms with Crippen molar-refractivity contribution in [3.63, 3.8) is 0 Å². The molecule has 1 fully saturated rings. The van der Waals surface area contributed by atoms with Crippen LogP contribution in [0, 0.1) is 6.92 Å². The van der Waals surface area contributed by atoms with E-state index in [2.05, 4.69) is 35.1 Å². The van der Waals surface area contributed by atoms with E-state index in [9.17, 15) is 10.2 Å². The molecule has 3 atom stereocenters. The molecule has 3 aromatic rings. The lowest BCUT2D eigenvalue weighted by Crippen LogP contribution is -2.33. The topological polar surface area (TPSA) is 84.7 Å². The maximum atomic E-state index is 10.1. The van der Waals surface area contributed by atoms with Gasteiger partial charge in [0.1, 0.15) is 12.1 Å². The summed E-state index contributed by atoms with van der Waals surface area (Å²) in [6.45, 7) is 6.02. The highest BCUT2D eigenvalue weighted by atomic mass is 16.5. The van der Waals surface area contributed by atoms with Crippen LogP contribution in [-0.4, -0.2) is 39.0 Å². The molecule has 1 saturated heterocycles. The number of ether oxygens (including phenoxy) is 2. The lowest BCUT2D eigenvalue weighted by Gasteiger charge is -2.32. The molecule has 2 N–H and O–H groups in total. The first kappa shape index (κ1) is 23.9. The van der Waals surface area contributed by atoms with Gasteiger partial charge in [-0.1, -0.05) is 44.2 Å². The molecule has 0 amide bonds. The third-order valence-electron chi connectivity index (χ3n) is 5.42. The zero-order valence-corrected chi connectivity index (χ0v) is 18.9. The first-order chi connectivity index (χ1) is 15.6. The third kappa shape index (κ3) is 6.36. The van der Waals surface area contributed by atoms with Crippen LogP contribution < -0.4 is 4.74 Å². The van der Waals surface area contributed by atoms with Crippen LogP contribution in [0.15, 0.2) is 61.2 Å². The van der Waals surface area contributed by atoms with Gasteiger partial charge >= 0.3 is 0 Å². The molecule has 2 aromatic carbocycles. The molecule has 170 valence electrons. The third-order valence-corrected chi connectivity index (χ3v) is 5.42. The molecule has 6 nitrogen and oxygen atoms in total. The van der Waals surface area contributed by atoms with Crippen molar-refractivity contribution in [3.8, 4) is 11.5 Å². The first-order valence-corrected chi connectivity index (χ1v) is 11.2. The van der Waals surface area contributed by atoms with Crippen molar-refractivity contribution in [2.45, 2.75) is 58.3 Å². The summed E-state index contributed by atoms with van der Waals surface area (Å²) >= 11 is 0. The summed E-state index contributed by atoms with van der Waals surface area (Å²) < 4.78 is 11.7. The van der Waals surface area contributed by atoms with Crippen LogP contribution in [0.5, 0.6) is 11.5 Å². The van der Waals surface area contributed by atoms with Gasteiger partial charge in [0.25, 0.3) is 0 Å². The largest absolute Gasteiger partial charge is 0.454 e. The number of rotatable bonds is 6. The molecule has 1 aliphatic rings. The van der Waals surface area contributed by atoms with Crippen molar-refractivity contribution in [3.05, 3.63) is 83.4 Å². The van der Waals surface area contributed by atoms with Gasteiger partial charge in [0, 0.05) is 12.8 Å². The van der Waals surface area contributed by atoms with Crippen LogP contribution in [0.1, 0.15) is 55.0 Å². The minimum atomic E-state index is -0.451. The predicted octanol–water partition coefficient (Wildman–Crippen LogP) is 4.77. The van der Waals surface area contributed by atoms with Crippen LogP contribution in [0.25, 0.3) is 0 Å². The molecular weight excluding hydrogens is 404 g/mol. The fourth-order valence-electron chi connectivity index (χ4n) is 3.77. The number of nitrogens with zero attached hydrogens (tertiary/aromatic N) is 2. The fourth-order valence-corrected chi connectivity index (χ4v) is 3.77. The van der Waals surface area contributed by atoms with Crippen molar-refractivity contribution < 1.29 is 19.7 Å². The molecule has 2 heterocycles. The first-order valence-electron chi connectivity index (χ1n) is 11.2. The van der Waals surface area contributed by atoms with Crippen LogP contribution in [0.2, 0.25) is 0 Å². The normalized spacial score (nSPS) is 20.2. The Morgan fingerprint density at radius 2 is 1.72 bits per heavy atom. The Labute approximate surface area is 189 Å². The number of aryl methyl sites for hydroxylation is 1. The SMILES string of the molecule is CC.Cc1ccc([C@H]2C[C@@H](O)C[C@@H](CO)O2)cc1Cc1ccc(Oc2cncnc2)cc1. The summed E-state index contributed by atoms with van der Waals surface area (Å²) in [4.78, 5) is 7.90. The van der Waals surface area contributed by atoms with Gasteiger partial charge in [-0.3, -0.25) is 0 Å². The molecule has 4 rings (SSSR count). The van der Waals surface area contributed by atoms with Crippen molar-refractivity contribution >= 4 is 0 Å². The number of benzene rings is 2. The quantitative estimate of drug-likeness (QED) is 0.579. The molecular formula is C26H32N2O4. The highest BCUT2D eigenvalue weighted by Crippen LogP contribution is 2.33. The molecule has 0 saturated carbocycles. The minimum Gasteiger partial charge on any atom is -0.454 e. The van der Waals surface area contributed by atoms with Gasteiger partial charge in [0.2, 0.25) is 0 Å². The molecule has 32 heavy (non-hydrogen) atoms. The number of aliphatic hydroxyl groups is 2. The highest BCUT2D eigenvalue weighted by Gasteiger charge is 2.29. The summed E-state index contributed by atoms with van der Waals surface area (Å²) in [6.07, 6.45) is 5.57. The van der Waals surface area contributed by atoms with Crippen molar-refractivity contribution in [1.82, 2.24) is 9.97 Å². The summed E-state index contributed by atoms with van der Waals surface area (Å²) in [6, 6.07) is 14.3. The average molecular weight is 437 g/mol. The molecule has 0 unspecified atom stereocenters. The van der Waals surface area contributed by atoms with Crippen molar-refractivity contribution in [2.75, 3.05) is 6.61 Å². The smallest absolute Gasteiger partial charge is 0.163 e. The minimum absolute atomic E-state index is 0.0736. The van der Waals surface area contributed by atoms with Crippen LogP contribution in [0.4, 0.5) is 0 Å². The summed E-state index contributed by atoms with van der Waals surface area (Å²) in [5.74, 6) is 1.34. The fraction of sp³-hybridized carbons (Fsp3) is 0.385. The van der Waals surface area contributed by atoms with E-state index in [1.807, 2.05) is 38.1 Å². The van der Waals surface area contributed by atoms with Crippen LogP contribution >= 0.6 is 0 Å². The lowest BCUT2D eigenvalue weighted by atomic mass is 9.92. The number of aromatic nitrogens is 2. The average Bonchev–Trinajstić information content (AvgIpc) is 2.83. The second kappa shape index (κ2) is 11.7. The second-order valence-electron chi connectivity index (χ2n) is 7.74. The Bertz CT molecular complexity index is 963. The van der Waals surface area contributed by atoms with E-state index in [0.29, 0.717) is 18.6 Å².